The maximum atomic E-state index is 6.02. The third-order valence-corrected chi connectivity index (χ3v) is 3.43. The molecule has 2 atom stereocenters. The van der Waals surface area contributed by atoms with Gasteiger partial charge >= 0.3 is 0 Å². The van der Waals surface area contributed by atoms with Crippen LogP contribution in [0.25, 0.3) is 10.8 Å². The minimum absolute atomic E-state index is 0.331. The molecule has 76 valence electrons. The fraction of sp³-hybridized carbons (Fsp3) is 0.308. The first-order chi connectivity index (χ1) is 7.36. The van der Waals surface area contributed by atoms with Crippen molar-refractivity contribution in [1.29, 1.82) is 0 Å². The van der Waals surface area contributed by atoms with Gasteiger partial charge in [0.2, 0.25) is 0 Å². The average Bonchev–Trinajstić information content (AvgIpc) is 2.28. The zero-order chi connectivity index (χ0) is 10.3. The molecule has 1 aliphatic carbocycles. The Bertz CT molecular complexity index is 487. The van der Waals surface area contributed by atoms with Crippen LogP contribution in [0.4, 0.5) is 0 Å². The summed E-state index contributed by atoms with van der Waals surface area (Å²) in [6.45, 7) is 0. The minimum Gasteiger partial charge on any atom is -0.327 e. The lowest BCUT2D eigenvalue weighted by Crippen LogP contribution is -2.37. The standard InChI is InChI=1S/C13H14N2/c14-13-6-5-11(13)12-8-15-7-9-3-1-2-4-10(9)12/h1-4,7-8,11,13H,5-6,14H2. The van der Waals surface area contributed by atoms with E-state index in [0.29, 0.717) is 12.0 Å². The fourth-order valence-electron chi connectivity index (χ4n) is 2.35. The molecule has 0 spiro atoms. The van der Waals surface area contributed by atoms with Crippen LogP contribution in [0.3, 0.4) is 0 Å². The van der Waals surface area contributed by atoms with Crippen LogP contribution in [0.5, 0.6) is 0 Å². The largest absolute Gasteiger partial charge is 0.327 e. The Morgan fingerprint density at radius 1 is 1.13 bits per heavy atom. The lowest BCUT2D eigenvalue weighted by Gasteiger charge is -2.34. The van der Waals surface area contributed by atoms with Gasteiger partial charge in [-0.15, -0.1) is 0 Å². The molecule has 1 heterocycles. The molecule has 1 fully saturated rings. The van der Waals surface area contributed by atoms with Gasteiger partial charge in [-0.25, -0.2) is 0 Å². The van der Waals surface area contributed by atoms with Gasteiger partial charge in [0, 0.05) is 29.7 Å². The molecule has 2 aromatic rings. The van der Waals surface area contributed by atoms with E-state index in [-0.39, 0.29) is 0 Å². The summed E-state index contributed by atoms with van der Waals surface area (Å²) >= 11 is 0. The van der Waals surface area contributed by atoms with E-state index in [1.54, 1.807) is 0 Å². The molecule has 1 aliphatic rings. The predicted octanol–water partition coefficient (Wildman–Crippen LogP) is 2.44. The van der Waals surface area contributed by atoms with Gasteiger partial charge in [0.1, 0.15) is 0 Å². The second kappa shape index (κ2) is 3.31. The molecule has 2 N–H and O–H groups in total. The van der Waals surface area contributed by atoms with E-state index >= 15 is 0 Å². The van der Waals surface area contributed by atoms with E-state index in [1.807, 2.05) is 12.4 Å². The zero-order valence-electron chi connectivity index (χ0n) is 8.56. The maximum Gasteiger partial charge on any atom is 0.0346 e. The lowest BCUT2D eigenvalue weighted by atomic mass is 9.75. The summed E-state index contributed by atoms with van der Waals surface area (Å²) in [7, 11) is 0. The smallest absolute Gasteiger partial charge is 0.0346 e. The van der Waals surface area contributed by atoms with E-state index in [2.05, 4.69) is 29.2 Å². The van der Waals surface area contributed by atoms with Gasteiger partial charge in [0.05, 0.1) is 0 Å². The molecule has 0 bridgehead atoms. The molecule has 2 unspecified atom stereocenters. The number of benzene rings is 1. The van der Waals surface area contributed by atoms with E-state index in [1.165, 1.54) is 22.8 Å². The molecule has 0 radical (unpaired) electrons. The summed E-state index contributed by atoms with van der Waals surface area (Å²) in [5, 5.41) is 2.53. The number of aromatic nitrogens is 1. The molecular formula is C13H14N2. The van der Waals surface area contributed by atoms with E-state index in [9.17, 15) is 0 Å². The first-order valence-electron chi connectivity index (χ1n) is 5.44. The lowest BCUT2D eigenvalue weighted by molar-refractivity contribution is 0.348. The van der Waals surface area contributed by atoms with Crippen LogP contribution in [0.1, 0.15) is 24.3 Å². The second-order valence-electron chi connectivity index (χ2n) is 4.30. The van der Waals surface area contributed by atoms with Gasteiger partial charge in [-0.05, 0) is 23.8 Å². The summed E-state index contributed by atoms with van der Waals surface area (Å²) in [6, 6.07) is 8.73. The van der Waals surface area contributed by atoms with Crippen LogP contribution < -0.4 is 5.73 Å². The van der Waals surface area contributed by atoms with Crippen LogP contribution in [-0.2, 0) is 0 Å². The van der Waals surface area contributed by atoms with Crippen molar-refractivity contribution in [1.82, 2.24) is 4.98 Å². The molecule has 1 aromatic carbocycles. The van der Waals surface area contributed by atoms with E-state index in [4.69, 9.17) is 5.73 Å². The number of hydrogen-bond acceptors (Lipinski definition) is 2. The highest BCUT2D eigenvalue weighted by Gasteiger charge is 2.29. The van der Waals surface area contributed by atoms with Gasteiger partial charge in [-0.2, -0.15) is 0 Å². The number of fused-ring (bicyclic) bond motifs is 1. The predicted molar refractivity (Wildman–Crippen MR) is 61.7 cm³/mol. The number of nitrogens with zero attached hydrogens (tertiary/aromatic N) is 1. The van der Waals surface area contributed by atoms with Crippen LogP contribution in [-0.4, -0.2) is 11.0 Å². The van der Waals surface area contributed by atoms with Crippen molar-refractivity contribution in [3.8, 4) is 0 Å². The molecule has 1 saturated carbocycles. The van der Waals surface area contributed by atoms with Gasteiger partial charge in [0.25, 0.3) is 0 Å². The van der Waals surface area contributed by atoms with E-state index in [0.717, 1.165) is 6.42 Å². The molecule has 0 aliphatic heterocycles. The quantitative estimate of drug-likeness (QED) is 0.764. The van der Waals surface area contributed by atoms with Crippen LogP contribution >= 0.6 is 0 Å². The van der Waals surface area contributed by atoms with Crippen molar-refractivity contribution in [2.45, 2.75) is 24.8 Å². The Labute approximate surface area is 89.1 Å². The zero-order valence-corrected chi connectivity index (χ0v) is 8.56. The number of nitrogens with two attached hydrogens (primary N) is 1. The Kier molecular flexibility index (Phi) is 1.96. The minimum atomic E-state index is 0.331. The highest BCUT2D eigenvalue weighted by atomic mass is 14.7. The normalized spacial score (nSPS) is 25.1. The summed E-state index contributed by atoms with van der Waals surface area (Å²) < 4.78 is 0. The Balaban J connectivity index is 2.17. The molecule has 2 heteroatoms. The Morgan fingerprint density at radius 2 is 2.00 bits per heavy atom. The van der Waals surface area contributed by atoms with Crippen molar-refractivity contribution < 1.29 is 0 Å². The van der Waals surface area contributed by atoms with E-state index < -0.39 is 0 Å². The van der Waals surface area contributed by atoms with Gasteiger partial charge in [-0.3, -0.25) is 4.98 Å². The van der Waals surface area contributed by atoms with Crippen LogP contribution in [0, 0.1) is 0 Å². The molecule has 15 heavy (non-hydrogen) atoms. The van der Waals surface area contributed by atoms with Crippen molar-refractivity contribution in [2.24, 2.45) is 5.73 Å². The molecule has 0 amide bonds. The molecule has 3 rings (SSSR count). The van der Waals surface area contributed by atoms with Gasteiger partial charge < -0.3 is 5.73 Å². The molecule has 0 saturated heterocycles. The van der Waals surface area contributed by atoms with Crippen LogP contribution in [0.15, 0.2) is 36.7 Å². The third kappa shape index (κ3) is 1.33. The topological polar surface area (TPSA) is 38.9 Å². The average molecular weight is 198 g/mol. The SMILES string of the molecule is NC1CCC1c1cncc2ccccc12. The summed E-state index contributed by atoms with van der Waals surface area (Å²) in [4.78, 5) is 4.29. The molecule has 1 aromatic heterocycles. The van der Waals surface area contributed by atoms with Gasteiger partial charge in [-0.1, -0.05) is 24.3 Å². The highest BCUT2D eigenvalue weighted by Crippen LogP contribution is 2.38. The summed E-state index contributed by atoms with van der Waals surface area (Å²) in [6.07, 6.45) is 6.25. The van der Waals surface area contributed by atoms with Crippen molar-refractivity contribution in [3.05, 3.63) is 42.2 Å². The van der Waals surface area contributed by atoms with Crippen molar-refractivity contribution in [2.75, 3.05) is 0 Å². The summed E-state index contributed by atoms with van der Waals surface area (Å²) in [5.41, 5.74) is 7.34. The highest BCUT2D eigenvalue weighted by molar-refractivity contribution is 5.85. The molecule has 2 nitrogen and oxygen atoms in total. The van der Waals surface area contributed by atoms with Crippen molar-refractivity contribution in [3.63, 3.8) is 0 Å². The fourth-order valence-corrected chi connectivity index (χ4v) is 2.35. The number of pyridine rings is 1. The summed E-state index contributed by atoms with van der Waals surface area (Å²) in [5.74, 6) is 0.517. The van der Waals surface area contributed by atoms with Gasteiger partial charge in [0.15, 0.2) is 0 Å². The number of rotatable bonds is 1. The third-order valence-electron chi connectivity index (χ3n) is 3.43. The number of hydrogen-bond donors (Lipinski definition) is 1. The first kappa shape index (κ1) is 8.86. The maximum absolute atomic E-state index is 6.02. The Morgan fingerprint density at radius 3 is 2.73 bits per heavy atom. The van der Waals surface area contributed by atoms with Crippen molar-refractivity contribution >= 4 is 10.8 Å². The monoisotopic (exact) mass is 198 g/mol. The molecular weight excluding hydrogens is 184 g/mol. The second-order valence-corrected chi connectivity index (χ2v) is 4.30. The first-order valence-corrected chi connectivity index (χ1v) is 5.44. The van der Waals surface area contributed by atoms with Crippen LogP contribution in [0.2, 0.25) is 0 Å². The Hall–Kier alpha value is -1.41.